The van der Waals surface area contributed by atoms with Crippen molar-refractivity contribution in [1.29, 1.82) is 0 Å². The Morgan fingerprint density at radius 3 is 2.53 bits per heavy atom. The molecule has 19 heavy (non-hydrogen) atoms. The number of nitro benzene ring substituents is 1. The number of nitrogen functional groups attached to an aromatic ring is 1. The smallest absolute Gasteiger partial charge is 0.330 e. The second-order valence-corrected chi connectivity index (χ2v) is 3.70. The van der Waals surface area contributed by atoms with Crippen LogP contribution in [0.5, 0.6) is 0 Å². The first-order valence-electron chi connectivity index (χ1n) is 5.00. The van der Waals surface area contributed by atoms with E-state index in [1.807, 2.05) is 0 Å². The molecule has 0 radical (unpaired) electrons. The summed E-state index contributed by atoms with van der Waals surface area (Å²) in [6.07, 6.45) is -3.81. The van der Waals surface area contributed by atoms with Gasteiger partial charge in [-0.2, -0.15) is 8.78 Å². The third-order valence-corrected chi connectivity index (χ3v) is 2.17. The number of hydrogen-bond acceptors (Lipinski definition) is 4. The molecule has 0 saturated carbocycles. The molecule has 1 aromatic carbocycles. The molecule has 0 spiro atoms. The van der Waals surface area contributed by atoms with E-state index in [4.69, 9.17) is 5.73 Å². The summed E-state index contributed by atoms with van der Waals surface area (Å²) in [5, 5.41) is 10.5. The zero-order valence-corrected chi connectivity index (χ0v) is 9.48. The maximum absolute atomic E-state index is 12.5. The zero-order valence-electron chi connectivity index (χ0n) is 9.48. The van der Waals surface area contributed by atoms with Crippen LogP contribution in [0.25, 0.3) is 0 Å². The number of nitrogens with zero attached hydrogens (tertiary/aromatic N) is 1. The van der Waals surface area contributed by atoms with Crippen molar-refractivity contribution in [3.63, 3.8) is 0 Å². The first-order valence-corrected chi connectivity index (χ1v) is 5.00. The highest BCUT2D eigenvalue weighted by Gasteiger charge is 2.40. The van der Waals surface area contributed by atoms with Gasteiger partial charge in [-0.05, 0) is 17.7 Å². The van der Waals surface area contributed by atoms with Gasteiger partial charge >= 0.3 is 12.3 Å². The number of anilines is 1. The number of rotatable bonds is 6. The molecule has 0 aliphatic rings. The molecule has 0 aromatic heterocycles. The van der Waals surface area contributed by atoms with Gasteiger partial charge in [-0.3, -0.25) is 10.1 Å². The lowest BCUT2D eigenvalue weighted by molar-refractivity contribution is -0.383. The zero-order chi connectivity index (χ0) is 14.6. The Hall–Kier alpha value is -1.90. The largest absolute Gasteiger partial charge is 0.393 e. The fourth-order valence-corrected chi connectivity index (χ4v) is 1.23. The molecule has 0 fully saturated rings. The fourth-order valence-electron chi connectivity index (χ4n) is 1.23. The Kier molecular flexibility index (Phi) is 4.65. The quantitative estimate of drug-likeness (QED) is 0.376. The van der Waals surface area contributed by atoms with Gasteiger partial charge in [0.15, 0.2) is 0 Å². The lowest BCUT2D eigenvalue weighted by Crippen LogP contribution is -2.32. The molecule has 106 valence electrons. The second kappa shape index (κ2) is 5.83. The number of benzene rings is 1. The summed E-state index contributed by atoms with van der Waals surface area (Å²) in [4.78, 5) is 9.76. The van der Waals surface area contributed by atoms with Gasteiger partial charge < -0.3 is 10.5 Å². The number of hydrogen-bond donors (Lipinski definition) is 1. The van der Waals surface area contributed by atoms with Gasteiger partial charge in [0.2, 0.25) is 0 Å². The molecule has 2 N–H and O–H groups in total. The number of ether oxygens (including phenoxy) is 1. The van der Waals surface area contributed by atoms with Crippen molar-refractivity contribution in [1.82, 2.24) is 0 Å². The third-order valence-electron chi connectivity index (χ3n) is 2.17. The first kappa shape index (κ1) is 15.2. The molecule has 0 atom stereocenters. The lowest BCUT2D eigenvalue weighted by Gasteiger charge is -2.15. The van der Waals surface area contributed by atoms with Gasteiger partial charge in [-0.1, -0.05) is 0 Å². The standard InChI is InChI=1S/C10H10F4N2O3/c11-9(12)10(13,14)5-19-4-6-1-2-8(16(17)18)7(15)3-6/h1-3,9H,4-5,15H2. The van der Waals surface area contributed by atoms with E-state index in [9.17, 15) is 27.7 Å². The minimum Gasteiger partial charge on any atom is -0.393 e. The van der Waals surface area contributed by atoms with Crippen molar-refractivity contribution in [3.05, 3.63) is 33.9 Å². The van der Waals surface area contributed by atoms with Gasteiger partial charge in [0.1, 0.15) is 12.3 Å². The van der Waals surface area contributed by atoms with Gasteiger partial charge in [0, 0.05) is 6.07 Å². The van der Waals surface area contributed by atoms with E-state index in [1.165, 1.54) is 12.1 Å². The van der Waals surface area contributed by atoms with E-state index in [2.05, 4.69) is 4.74 Å². The third kappa shape index (κ3) is 4.05. The highest BCUT2D eigenvalue weighted by atomic mass is 19.3. The van der Waals surface area contributed by atoms with Crippen molar-refractivity contribution in [2.45, 2.75) is 19.0 Å². The molecular weight excluding hydrogens is 272 g/mol. The van der Waals surface area contributed by atoms with Gasteiger partial charge in [0.05, 0.1) is 11.5 Å². The van der Waals surface area contributed by atoms with Gasteiger partial charge in [-0.15, -0.1) is 0 Å². The maximum Gasteiger partial charge on any atom is 0.330 e. The molecule has 1 rings (SSSR count). The summed E-state index contributed by atoms with van der Waals surface area (Å²) < 4.78 is 53.1. The van der Waals surface area contributed by atoms with E-state index in [0.717, 1.165) is 6.07 Å². The molecule has 0 aliphatic carbocycles. The monoisotopic (exact) mass is 282 g/mol. The van der Waals surface area contributed by atoms with Crippen LogP contribution in [0, 0.1) is 10.1 Å². The van der Waals surface area contributed by atoms with Crippen molar-refractivity contribution >= 4 is 11.4 Å². The summed E-state index contributed by atoms with van der Waals surface area (Å²) in [7, 11) is 0. The van der Waals surface area contributed by atoms with Crippen LogP contribution in [-0.2, 0) is 11.3 Å². The molecule has 0 saturated heterocycles. The Bertz CT molecular complexity index is 468. The van der Waals surface area contributed by atoms with Crippen molar-refractivity contribution < 1.29 is 27.2 Å². The first-order chi connectivity index (χ1) is 8.74. The maximum atomic E-state index is 12.5. The Morgan fingerprint density at radius 2 is 2.05 bits per heavy atom. The van der Waals surface area contributed by atoms with Crippen LogP contribution in [0.1, 0.15) is 5.56 Å². The molecule has 9 heteroatoms. The van der Waals surface area contributed by atoms with E-state index in [1.54, 1.807) is 0 Å². The molecule has 1 aromatic rings. The van der Waals surface area contributed by atoms with Crippen molar-refractivity contribution in [2.24, 2.45) is 0 Å². The predicted octanol–water partition coefficient (Wildman–Crippen LogP) is 2.59. The number of nitro groups is 1. The predicted molar refractivity (Wildman–Crippen MR) is 58.1 cm³/mol. The van der Waals surface area contributed by atoms with Crippen LogP contribution in [0.4, 0.5) is 28.9 Å². The minimum absolute atomic E-state index is 0.160. The molecule has 0 heterocycles. The molecule has 0 bridgehead atoms. The lowest BCUT2D eigenvalue weighted by atomic mass is 10.2. The summed E-state index contributed by atoms with van der Waals surface area (Å²) in [5.41, 5.74) is 5.14. The van der Waals surface area contributed by atoms with Crippen LogP contribution in [0.3, 0.4) is 0 Å². The Balaban J connectivity index is 2.60. The molecule has 0 unspecified atom stereocenters. The molecule has 0 amide bonds. The topological polar surface area (TPSA) is 78.4 Å². The number of halogens is 4. The fraction of sp³-hybridized carbons (Fsp3) is 0.400. The normalized spacial score (nSPS) is 11.8. The van der Waals surface area contributed by atoms with E-state index >= 15 is 0 Å². The average molecular weight is 282 g/mol. The average Bonchev–Trinajstić information content (AvgIpc) is 2.28. The van der Waals surface area contributed by atoms with Crippen LogP contribution < -0.4 is 5.73 Å². The SMILES string of the molecule is Nc1cc(COCC(F)(F)C(F)F)ccc1[N+](=O)[O-]. The van der Waals surface area contributed by atoms with Gasteiger partial charge in [-0.25, -0.2) is 8.78 Å². The summed E-state index contributed by atoms with van der Waals surface area (Å²) in [5.74, 6) is -4.23. The van der Waals surface area contributed by atoms with Crippen LogP contribution in [0.15, 0.2) is 18.2 Å². The van der Waals surface area contributed by atoms with Crippen LogP contribution in [-0.4, -0.2) is 23.9 Å². The minimum atomic E-state index is -4.23. The van der Waals surface area contributed by atoms with Crippen LogP contribution in [0.2, 0.25) is 0 Å². The Morgan fingerprint density at radius 1 is 1.42 bits per heavy atom. The molecule has 0 aliphatic heterocycles. The van der Waals surface area contributed by atoms with Crippen molar-refractivity contribution in [2.75, 3.05) is 12.3 Å². The summed E-state index contributed by atoms with van der Waals surface area (Å²) >= 11 is 0. The highest BCUT2D eigenvalue weighted by Crippen LogP contribution is 2.25. The van der Waals surface area contributed by atoms with E-state index in [0.29, 0.717) is 0 Å². The summed E-state index contributed by atoms with van der Waals surface area (Å²) in [6, 6.07) is 3.49. The molecule has 5 nitrogen and oxygen atoms in total. The van der Waals surface area contributed by atoms with Crippen LogP contribution >= 0.6 is 0 Å². The molecular formula is C10H10F4N2O3. The second-order valence-electron chi connectivity index (χ2n) is 3.70. The number of nitrogens with two attached hydrogens (primary N) is 1. The van der Waals surface area contributed by atoms with E-state index < -0.39 is 30.5 Å². The van der Waals surface area contributed by atoms with E-state index in [-0.39, 0.29) is 16.9 Å². The Labute approximate surface area is 105 Å². The van der Waals surface area contributed by atoms with Gasteiger partial charge in [0.25, 0.3) is 5.69 Å². The number of alkyl halides is 4. The van der Waals surface area contributed by atoms with Crippen molar-refractivity contribution in [3.8, 4) is 0 Å². The highest BCUT2D eigenvalue weighted by molar-refractivity contribution is 5.59. The summed E-state index contributed by atoms with van der Waals surface area (Å²) in [6.45, 7) is -1.84.